The van der Waals surface area contributed by atoms with E-state index in [9.17, 15) is 4.79 Å². The van der Waals surface area contributed by atoms with E-state index in [-0.39, 0.29) is 5.91 Å². The van der Waals surface area contributed by atoms with Crippen LogP contribution < -0.4 is 0 Å². The summed E-state index contributed by atoms with van der Waals surface area (Å²) in [6.07, 6.45) is 4.22. The second-order valence-corrected chi connectivity index (χ2v) is 5.02. The van der Waals surface area contributed by atoms with Gasteiger partial charge in [-0.1, -0.05) is 30.9 Å². The van der Waals surface area contributed by atoms with E-state index in [1.54, 1.807) is 23.3 Å². The van der Waals surface area contributed by atoms with Gasteiger partial charge in [-0.25, -0.2) is 0 Å². The van der Waals surface area contributed by atoms with Crippen molar-refractivity contribution in [2.24, 2.45) is 0 Å². The average molecular weight is 253 g/mol. The zero-order valence-electron chi connectivity index (χ0n) is 8.80. The van der Waals surface area contributed by atoms with E-state index >= 15 is 0 Å². The quantitative estimate of drug-likeness (QED) is 0.612. The van der Waals surface area contributed by atoms with Crippen LogP contribution in [0, 0.1) is 0 Å². The smallest absolute Gasteiger partial charge is 0.266 e. The molecule has 84 valence electrons. The highest BCUT2D eigenvalue weighted by atomic mass is 32.2. The normalized spacial score (nSPS) is 18.8. The summed E-state index contributed by atoms with van der Waals surface area (Å²) >= 11 is 6.48. The molecule has 0 aliphatic carbocycles. The molecular formula is C11H11NO2S2. The maximum Gasteiger partial charge on any atom is 0.266 e. The summed E-state index contributed by atoms with van der Waals surface area (Å²) in [5.41, 5.74) is 0. The molecule has 1 amide bonds. The van der Waals surface area contributed by atoms with E-state index in [2.05, 4.69) is 0 Å². The Morgan fingerprint density at radius 2 is 2.44 bits per heavy atom. The maximum absolute atomic E-state index is 11.9. The van der Waals surface area contributed by atoms with Crippen LogP contribution in [-0.2, 0) is 4.79 Å². The van der Waals surface area contributed by atoms with Crippen LogP contribution in [0.15, 0.2) is 27.7 Å². The lowest BCUT2D eigenvalue weighted by Crippen LogP contribution is -2.28. The molecule has 1 aliphatic heterocycles. The van der Waals surface area contributed by atoms with E-state index < -0.39 is 0 Å². The topological polar surface area (TPSA) is 33.5 Å². The van der Waals surface area contributed by atoms with Gasteiger partial charge in [-0.15, -0.1) is 0 Å². The Morgan fingerprint density at radius 3 is 3.06 bits per heavy atom. The number of thiocarbonyl (C=S) groups is 1. The van der Waals surface area contributed by atoms with Crippen molar-refractivity contribution in [1.29, 1.82) is 0 Å². The van der Waals surface area contributed by atoms with E-state index in [0.29, 0.717) is 21.5 Å². The highest BCUT2D eigenvalue weighted by Crippen LogP contribution is 2.32. The van der Waals surface area contributed by atoms with Crippen LogP contribution in [-0.4, -0.2) is 21.7 Å². The largest absolute Gasteiger partial charge is 0.465 e. The lowest BCUT2D eigenvalue weighted by Gasteiger charge is -2.11. The van der Waals surface area contributed by atoms with Gasteiger partial charge < -0.3 is 4.42 Å². The summed E-state index contributed by atoms with van der Waals surface area (Å²) in [6.45, 7) is 2.70. The van der Waals surface area contributed by atoms with Crippen molar-refractivity contribution in [2.75, 3.05) is 6.54 Å². The molecule has 0 saturated carbocycles. The average Bonchev–Trinajstić information content (AvgIpc) is 2.84. The molecule has 1 saturated heterocycles. The molecule has 16 heavy (non-hydrogen) atoms. The first kappa shape index (κ1) is 11.4. The van der Waals surface area contributed by atoms with Gasteiger partial charge in [0.2, 0.25) is 0 Å². The summed E-state index contributed by atoms with van der Waals surface area (Å²) in [6, 6.07) is 3.60. The van der Waals surface area contributed by atoms with Gasteiger partial charge in [0.15, 0.2) is 0 Å². The van der Waals surface area contributed by atoms with Crippen LogP contribution in [0.2, 0.25) is 0 Å². The monoisotopic (exact) mass is 253 g/mol. The Bertz CT molecular complexity index is 437. The SMILES string of the molecule is CCCN1C(=O)/C(=C\c2ccco2)SC1=S. The molecule has 0 unspecified atom stereocenters. The van der Waals surface area contributed by atoms with Gasteiger partial charge in [0.05, 0.1) is 11.2 Å². The minimum atomic E-state index is -0.0201. The summed E-state index contributed by atoms with van der Waals surface area (Å²) in [7, 11) is 0. The van der Waals surface area contributed by atoms with Crippen molar-refractivity contribution < 1.29 is 9.21 Å². The van der Waals surface area contributed by atoms with Crippen LogP contribution in [0.1, 0.15) is 19.1 Å². The predicted octanol–water partition coefficient (Wildman–Crippen LogP) is 2.89. The van der Waals surface area contributed by atoms with Crippen LogP contribution in [0.5, 0.6) is 0 Å². The van der Waals surface area contributed by atoms with Crippen LogP contribution >= 0.6 is 24.0 Å². The van der Waals surface area contributed by atoms with Gasteiger partial charge >= 0.3 is 0 Å². The van der Waals surface area contributed by atoms with E-state index in [4.69, 9.17) is 16.6 Å². The van der Waals surface area contributed by atoms with Gasteiger partial charge in [-0.3, -0.25) is 9.69 Å². The molecule has 0 radical (unpaired) electrons. The fourth-order valence-electron chi connectivity index (χ4n) is 1.42. The lowest BCUT2D eigenvalue weighted by molar-refractivity contribution is -0.122. The number of furan rings is 1. The first-order valence-corrected chi connectivity index (χ1v) is 6.23. The molecular weight excluding hydrogens is 242 g/mol. The number of hydrogen-bond donors (Lipinski definition) is 0. The second kappa shape index (κ2) is 4.84. The summed E-state index contributed by atoms with van der Waals surface area (Å²) in [5.74, 6) is 0.658. The van der Waals surface area contributed by atoms with Gasteiger partial charge in [-0.05, 0) is 18.6 Å². The highest BCUT2D eigenvalue weighted by molar-refractivity contribution is 8.26. The third kappa shape index (κ3) is 2.20. The molecule has 0 N–H and O–H groups in total. The fourth-order valence-corrected chi connectivity index (χ4v) is 2.71. The molecule has 1 aromatic rings. The third-order valence-electron chi connectivity index (χ3n) is 2.14. The molecule has 1 aromatic heterocycles. The van der Waals surface area contributed by atoms with Crippen molar-refractivity contribution in [3.05, 3.63) is 29.1 Å². The Labute approximate surface area is 103 Å². The molecule has 0 atom stereocenters. The van der Waals surface area contributed by atoms with E-state index in [1.807, 2.05) is 13.0 Å². The molecule has 2 rings (SSSR count). The van der Waals surface area contributed by atoms with E-state index in [0.717, 1.165) is 6.42 Å². The summed E-state index contributed by atoms with van der Waals surface area (Å²) in [5, 5.41) is 0. The molecule has 0 spiro atoms. The second-order valence-electron chi connectivity index (χ2n) is 3.35. The molecule has 0 aromatic carbocycles. The molecule has 3 nitrogen and oxygen atoms in total. The number of thioether (sulfide) groups is 1. The third-order valence-corrected chi connectivity index (χ3v) is 3.52. The van der Waals surface area contributed by atoms with Crippen LogP contribution in [0.3, 0.4) is 0 Å². The first-order valence-electron chi connectivity index (χ1n) is 5.01. The number of carbonyl (C=O) groups is 1. The summed E-state index contributed by atoms with van der Waals surface area (Å²) in [4.78, 5) is 14.2. The van der Waals surface area contributed by atoms with Crippen LogP contribution in [0.25, 0.3) is 6.08 Å². The lowest BCUT2D eigenvalue weighted by atomic mass is 10.3. The first-order chi connectivity index (χ1) is 7.72. The number of rotatable bonds is 3. The Morgan fingerprint density at radius 1 is 1.62 bits per heavy atom. The van der Waals surface area contributed by atoms with Crippen molar-refractivity contribution in [3.8, 4) is 0 Å². The zero-order chi connectivity index (χ0) is 11.5. The Balaban J connectivity index is 2.20. The van der Waals surface area contributed by atoms with Crippen molar-refractivity contribution in [1.82, 2.24) is 4.90 Å². The summed E-state index contributed by atoms with van der Waals surface area (Å²) < 4.78 is 5.80. The number of nitrogens with zero attached hydrogens (tertiary/aromatic N) is 1. The van der Waals surface area contributed by atoms with Crippen molar-refractivity contribution in [2.45, 2.75) is 13.3 Å². The number of carbonyl (C=O) groups excluding carboxylic acids is 1. The van der Waals surface area contributed by atoms with E-state index in [1.165, 1.54) is 11.8 Å². The van der Waals surface area contributed by atoms with Gasteiger partial charge in [-0.2, -0.15) is 0 Å². The standard InChI is InChI=1S/C11H11NO2S2/c1-2-5-12-10(13)9(16-11(12)15)7-8-4-3-6-14-8/h3-4,6-7H,2,5H2,1H3/b9-7+. The molecule has 2 heterocycles. The zero-order valence-corrected chi connectivity index (χ0v) is 10.4. The van der Waals surface area contributed by atoms with Gasteiger partial charge in [0.25, 0.3) is 5.91 Å². The number of amides is 1. The fraction of sp³-hybridized carbons (Fsp3) is 0.273. The minimum absolute atomic E-state index is 0.0201. The molecule has 0 bridgehead atoms. The molecule has 1 aliphatic rings. The van der Waals surface area contributed by atoms with Gasteiger partial charge in [0.1, 0.15) is 10.1 Å². The van der Waals surface area contributed by atoms with Crippen LogP contribution in [0.4, 0.5) is 0 Å². The van der Waals surface area contributed by atoms with Gasteiger partial charge in [0, 0.05) is 12.6 Å². The molecule has 5 heteroatoms. The Hall–Kier alpha value is -1.07. The Kier molecular flexibility index (Phi) is 3.46. The maximum atomic E-state index is 11.9. The number of hydrogen-bond acceptors (Lipinski definition) is 4. The molecule has 1 fully saturated rings. The minimum Gasteiger partial charge on any atom is -0.465 e. The van der Waals surface area contributed by atoms with Crippen molar-refractivity contribution >= 4 is 40.3 Å². The highest BCUT2D eigenvalue weighted by Gasteiger charge is 2.31. The van der Waals surface area contributed by atoms with Crippen molar-refractivity contribution in [3.63, 3.8) is 0 Å². The predicted molar refractivity (Wildman–Crippen MR) is 68.9 cm³/mol.